The molecule has 0 bridgehead atoms. The summed E-state index contributed by atoms with van der Waals surface area (Å²) in [6, 6.07) is 8.27. The lowest BCUT2D eigenvalue weighted by atomic mass is 9.32. The van der Waals surface area contributed by atoms with Crippen LogP contribution >= 0.6 is 0 Å². The minimum absolute atomic E-state index is 0.182. The number of carbonyl (C=O) groups excluding carboxylic acids is 3. The molecule has 26 atom stereocenters. The van der Waals surface area contributed by atoms with Crippen LogP contribution in [0.3, 0.4) is 0 Å². The van der Waals surface area contributed by atoms with E-state index in [0.717, 1.165) is 23.6 Å². The van der Waals surface area contributed by atoms with E-state index in [1.165, 1.54) is 6.08 Å². The third kappa shape index (κ3) is 12.1. The van der Waals surface area contributed by atoms with Crippen LogP contribution in [0.2, 0.25) is 0 Å². The first-order valence-electron chi connectivity index (χ1n) is 31.6. The number of benzene rings is 1. The summed E-state index contributed by atoms with van der Waals surface area (Å²) < 4.78 is 55.6. The number of aliphatic hydroxyl groups excluding tert-OH is 10. The average Bonchev–Trinajstić information content (AvgIpc) is 0.711. The number of allylic oxidation sites excluding steroid dienone is 4. The molecule has 7 fully saturated rings. The molecule has 90 heavy (non-hydrogen) atoms. The Labute approximate surface area is 525 Å². The standard InChI is InChI=1S/C66H96O24/c1-31(2)16-15-17-32(3)26-42(71)86-54-55(90-57(81)34-18-13-12-14-19-34)66(30-69)36(27-61(54,5)6)35-20-21-40-63(9)24-23-41(62(7,8)39(63)22-25-64(40,10)65(35,11)52(77)53(66)78)85-60-51(89-59-47(76)45(74)43(72)37(28-67)83-59)49(82-33(4)70)48(50(88-60)56(79)80)87-58-46(75)44(73)38(29-68)84-58/h12-14,16,18-20,26,36-41,43-55,58-60,67-69,72-78H,15,17,21-25,27-30H2,1-11H3,(H,79,80)/t36?,37-,38+,39+,40-,41+,43-,44+,45+,46-,47-,48+,49+,50+,51-,52+,53-,54+,55+,58+,59+,60-,63+,64-,65+,66+/m1/s1. The Hall–Kier alpha value is -4.32. The number of carboxylic acid groups (broad SMARTS) is 1. The Kier molecular flexibility index (Phi) is 20.6. The van der Waals surface area contributed by atoms with Gasteiger partial charge in [0.25, 0.3) is 0 Å². The van der Waals surface area contributed by atoms with Crippen LogP contribution in [0.1, 0.15) is 138 Å². The molecule has 24 nitrogen and oxygen atoms in total. The molecule has 5 aliphatic carbocycles. The fraction of sp³-hybridized carbons (Fsp3) is 0.758. The summed E-state index contributed by atoms with van der Waals surface area (Å²) in [5.41, 5.74) is -3.12. The minimum atomic E-state index is -2.09. The lowest BCUT2D eigenvalue weighted by Gasteiger charge is -2.73. The van der Waals surface area contributed by atoms with Crippen molar-refractivity contribution in [1.29, 1.82) is 0 Å². The Morgan fingerprint density at radius 1 is 0.656 bits per heavy atom. The third-order valence-corrected chi connectivity index (χ3v) is 22.6. The maximum atomic E-state index is 14.4. The van der Waals surface area contributed by atoms with Crippen LogP contribution in [0.25, 0.3) is 0 Å². The summed E-state index contributed by atoms with van der Waals surface area (Å²) in [5.74, 6) is -5.18. The van der Waals surface area contributed by atoms with Crippen LogP contribution in [-0.2, 0) is 57.0 Å². The number of aliphatic hydroxyl groups is 10. The molecule has 0 amide bonds. The van der Waals surface area contributed by atoms with E-state index in [4.69, 9.17) is 42.6 Å². The summed E-state index contributed by atoms with van der Waals surface area (Å²) in [6.45, 7) is 18.7. The zero-order valence-corrected chi connectivity index (χ0v) is 53.3. The molecule has 3 saturated heterocycles. The predicted octanol–water partition coefficient (Wildman–Crippen LogP) is 2.91. The number of rotatable bonds is 18. The van der Waals surface area contributed by atoms with E-state index in [0.29, 0.717) is 44.9 Å². The molecule has 9 rings (SSSR count). The van der Waals surface area contributed by atoms with Gasteiger partial charge in [0, 0.05) is 23.8 Å². The highest BCUT2D eigenvalue weighted by molar-refractivity contribution is 5.89. The zero-order chi connectivity index (χ0) is 66.1. The summed E-state index contributed by atoms with van der Waals surface area (Å²) in [7, 11) is 0. The van der Waals surface area contributed by atoms with Crippen molar-refractivity contribution in [1.82, 2.24) is 0 Å². The fourth-order valence-electron chi connectivity index (χ4n) is 17.7. The van der Waals surface area contributed by atoms with Gasteiger partial charge < -0.3 is 98.8 Å². The SMILES string of the molecule is CC(=O)O[C@@H]1[C@@H](O[C@@H]2O[C@H](CO)[C@@H](O)[C@H](O)[C@H]2O)[C@H](O[C@H]2CC[C@]3(C)[C@H]4CC=C5C6CC(C)(C)[C@@H](OC(=O)C=C(C)CCC=C(C)C)[C@H](OC(=O)c7ccccc7)[C@]6(CO)[C@H](O)[C@H](O)[C@@]5(C)[C@]4(C)CC[C@H]3C2(C)C)O[C@H](C(=O)O)[C@H]1O[C@@H]1O[C@@H](CO)[C@H](O)[C@H]1O. The summed E-state index contributed by atoms with van der Waals surface area (Å²) in [5, 5.41) is 124. The topological polar surface area (TPSA) is 374 Å². The molecule has 0 spiro atoms. The Bertz CT molecular complexity index is 2850. The number of hydrogen-bond acceptors (Lipinski definition) is 23. The van der Waals surface area contributed by atoms with Crippen LogP contribution < -0.4 is 0 Å². The first kappa shape index (κ1) is 70.0. The smallest absolute Gasteiger partial charge is 0.338 e. The van der Waals surface area contributed by atoms with Crippen LogP contribution in [0, 0.1) is 50.2 Å². The van der Waals surface area contributed by atoms with E-state index in [1.807, 2.05) is 55.4 Å². The van der Waals surface area contributed by atoms with Crippen molar-refractivity contribution in [3.63, 3.8) is 0 Å². The molecule has 8 aliphatic rings. The van der Waals surface area contributed by atoms with Crippen molar-refractivity contribution < 1.29 is 118 Å². The zero-order valence-electron chi connectivity index (χ0n) is 53.3. The molecule has 504 valence electrons. The number of aliphatic carboxylic acids is 1. The van der Waals surface area contributed by atoms with Gasteiger partial charge >= 0.3 is 23.9 Å². The van der Waals surface area contributed by atoms with Crippen molar-refractivity contribution >= 4 is 23.9 Å². The van der Waals surface area contributed by atoms with E-state index < -0.39 is 199 Å². The highest BCUT2D eigenvalue weighted by Crippen LogP contribution is 2.76. The summed E-state index contributed by atoms with van der Waals surface area (Å²) in [4.78, 5) is 54.9. The van der Waals surface area contributed by atoms with Crippen molar-refractivity contribution in [2.24, 2.45) is 50.2 Å². The van der Waals surface area contributed by atoms with E-state index in [1.54, 1.807) is 30.3 Å². The minimum Gasteiger partial charge on any atom is -0.479 e. The van der Waals surface area contributed by atoms with Gasteiger partial charge in [-0.3, -0.25) is 4.79 Å². The Morgan fingerprint density at radius 3 is 1.86 bits per heavy atom. The lowest BCUT2D eigenvalue weighted by molar-refractivity contribution is -0.383. The number of fused-ring (bicyclic) bond motifs is 7. The molecule has 24 heteroatoms. The molecule has 1 aromatic rings. The third-order valence-electron chi connectivity index (χ3n) is 22.6. The van der Waals surface area contributed by atoms with Crippen molar-refractivity contribution in [3.8, 4) is 0 Å². The summed E-state index contributed by atoms with van der Waals surface area (Å²) >= 11 is 0. The second kappa shape index (κ2) is 26.5. The number of hydrogen-bond donors (Lipinski definition) is 11. The molecule has 3 heterocycles. The fourth-order valence-corrected chi connectivity index (χ4v) is 17.7. The molecule has 1 unspecified atom stereocenters. The molecule has 4 saturated carbocycles. The Balaban J connectivity index is 1.05. The van der Waals surface area contributed by atoms with Crippen LogP contribution in [0.15, 0.2) is 65.3 Å². The molecule has 0 radical (unpaired) electrons. The highest BCUT2D eigenvalue weighted by Gasteiger charge is 2.76. The van der Waals surface area contributed by atoms with Gasteiger partial charge in [0.15, 0.2) is 43.3 Å². The molecule has 1 aromatic carbocycles. The van der Waals surface area contributed by atoms with Crippen LogP contribution in [0.5, 0.6) is 0 Å². The van der Waals surface area contributed by atoms with Gasteiger partial charge in [-0.05, 0) is 118 Å². The van der Waals surface area contributed by atoms with Crippen LogP contribution in [-0.4, -0.2) is 216 Å². The molecule has 0 aromatic heterocycles. The van der Waals surface area contributed by atoms with Gasteiger partial charge in [0.05, 0.1) is 49.1 Å². The molecular weight excluding hydrogens is 1180 g/mol. The van der Waals surface area contributed by atoms with E-state index >= 15 is 0 Å². The second-order valence-corrected chi connectivity index (χ2v) is 28.9. The normalized spacial score (nSPS) is 44.5. The number of carbonyl (C=O) groups is 4. The van der Waals surface area contributed by atoms with Gasteiger partial charge in [-0.2, -0.15) is 0 Å². The highest BCUT2D eigenvalue weighted by atomic mass is 16.8. The van der Waals surface area contributed by atoms with Gasteiger partial charge in [-0.25, -0.2) is 14.4 Å². The first-order chi connectivity index (χ1) is 42.2. The molecule has 3 aliphatic heterocycles. The van der Waals surface area contributed by atoms with Crippen molar-refractivity contribution in [3.05, 3.63) is 70.8 Å². The quantitative estimate of drug-likeness (QED) is 0.0331. The van der Waals surface area contributed by atoms with Gasteiger partial charge in [0.1, 0.15) is 54.9 Å². The number of esters is 3. The lowest BCUT2D eigenvalue weighted by Crippen LogP contribution is -2.76. The maximum absolute atomic E-state index is 14.4. The average molecular weight is 1270 g/mol. The predicted molar refractivity (Wildman–Crippen MR) is 316 cm³/mol. The largest absolute Gasteiger partial charge is 0.479 e. The van der Waals surface area contributed by atoms with E-state index in [-0.39, 0.29) is 23.8 Å². The monoisotopic (exact) mass is 1270 g/mol. The van der Waals surface area contributed by atoms with E-state index in [2.05, 4.69) is 26.0 Å². The Morgan fingerprint density at radius 2 is 1.27 bits per heavy atom. The molecule has 11 N–H and O–H groups in total. The molecular formula is C66H96O24. The van der Waals surface area contributed by atoms with Crippen LogP contribution in [0.4, 0.5) is 0 Å². The van der Waals surface area contributed by atoms with Gasteiger partial charge in [-0.1, -0.05) is 95.5 Å². The summed E-state index contributed by atoms with van der Waals surface area (Å²) in [6.07, 6.45) is -22.8. The number of carboxylic acids is 1. The van der Waals surface area contributed by atoms with Crippen molar-refractivity contribution in [2.45, 2.75) is 244 Å². The van der Waals surface area contributed by atoms with E-state index in [9.17, 15) is 75.3 Å². The first-order valence-corrected chi connectivity index (χ1v) is 31.6. The maximum Gasteiger partial charge on any atom is 0.338 e. The number of ether oxygens (including phenoxy) is 9. The van der Waals surface area contributed by atoms with Gasteiger partial charge in [-0.15, -0.1) is 0 Å². The van der Waals surface area contributed by atoms with Crippen molar-refractivity contribution in [2.75, 3.05) is 19.8 Å². The second-order valence-electron chi connectivity index (χ2n) is 28.9. The van der Waals surface area contributed by atoms with Gasteiger partial charge in [0.2, 0.25) is 0 Å².